The molecule has 1 fully saturated rings. The van der Waals surface area contributed by atoms with Crippen LogP contribution in [0, 0.1) is 6.92 Å². The highest BCUT2D eigenvalue weighted by Gasteiger charge is 2.27. The van der Waals surface area contributed by atoms with E-state index in [1.807, 2.05) is 4.90 Å². The molecule has 0 radical (unpaired) electrons. The van der Waals surface area contributed by atoms with Gasteiger partial charge >= 0.3 is 0 Å². The minimum atomic E-state index is 0.120. The summed E-state index contributed by atoms with van der Waals surface area (Å²) in [6.45, 7) is 9.20. The molecule has 1 amide bonds. The van der Waals surface area contributed by atoms with Crippen LogP contribution in [0.1, 0.15) is 49.5 Å². The van der Waals surface area contributed by atoms with E-state index in [1.54, 1.807) is 13.8 Å². The number of piperidine rings is 1. The van der Waals surface area contributed by atoms with Crippen molar-refractivity contribution in [3.05, 3.63) is 47.1 Å². The molecule has 1 aliphatic rings. The third-order valence-electron chi connectivity index (χ3n) is 5.31. The zero-order valence-electron chi connectivity index (χ0n) is 16.6. The highest BCUT2D eigenvalue weighted by molar-refractivity contribution is 5.73. The fraction of sp³-hybridized carbons (Fsp3) is 0.571. The van der Waals surface area contributed by atoms with Crippen molar-refractivity contribution < 1.29 is 9.32 Å². The number of hydrogen-bond donors (Lipinski definition) is 0. The number of amides is 1. The van der Waals surface area contributed by atoms with Crippen LogP contribution in [0.4, 0.5) is 0 Å². The molecule has 6 heteroatoms. The van der Waals surface area contributed by atoms with Crippen molar-refractivity contribution >= 4 is 5.91 Å². The third-order valence-corrected chi connectivity index (χ3v) is 5.31. The maximum Gasteiger partial charge on any atom is 0.223 e. The Morgan fingerprint density at radius 1 is 1.30 bits per heavy atom. The summed E-state index contributed by atoms with van der Waals surface area (Å²) in [6, 6.07) is 9.13. The predicted molar refractivity (Wildman–Crippen MR) is 104 cm³/mol. The minimum absolute atomic E-state index is 0.120. The SMILES string of the molecule is CCc1ccc(CN2CCCC(N(CCc3noc(C)n3)C(C)=O)C2)cc1. The van der Waals surface area contributed by atoms with Gasteiger partial charge in [0.15, 0.2) is 5.82 Å². The normalized spacial score (nSPS) is 17.8. The lowest BCUT2D eigenvalue weighted by Gasteiger charge is -2.39. The van der Waals surface area contributed by atoms with Crippen LogP contribution >= 0.6 is 0 Å². The maximum absolute atomic E-state index is 12.2. The summed E-state index contributed by atoms with van der Waals surface area (Å²) in [5, 5.41) is 3.94. The summed E-state index contributed by atoms with van der Waals surface area (Å²) in [6.07, 6.45) is 3.87. The van der Waals surface area contributed by atoms with Crippen LogP contribution in [0.3, 0.4) is 0 Å². The van der Waals surface area contributed by atoms with Crippen LogP contribution in [-0.2, 0) is 24.2 Å². The van der Waals surface area contributed by atoms with Crippen molar-refractivity contribution in [3.8, 4) is 0 Å². The molecule has 1 aromatic carbocycles. The van der Waals surface area contributed by atoms with Gasteiger partial charge in [-0.15, -0.1) is 0 Å². The molecule has 0 spiro atoms. The molecule has 1 aromatic heterocycles. The number of rotatable bonds is 7. The van der Waals surface area contributed by atoms with Crippen LogP contribution in [0.5, 0.6) is 0 Å². The number of likely N-dealkylation sites (tertiary alicyclic amines) is 1. The van der Waals surface area contributed by atoms with Crippen LogP contribution in [-0.4, -0.2) is 51.5 Å². The average Bonchev–Trinajstić information content (AvgIpc) is 3.08. The van der Waals surface area contributed by atoms with E-state index in [1.165, 1.54) is 11.1 Å². The second-order valence-electron chi connectivity index (χ2n) is 7.39. The quantitative estimate of drug-likeness (QED) is 0.750. The van der Waals surface area contributed by atoms with E-state index in [2.05, 4.69) is 46.2 Å². The molecule has 0 aliphatic carbocycles. The topological polar surface area (TPSA) is 62.5 Å². The largest absolute Gasteiger partial charge is 0.340 e. The van der Waals surface area contributed by atoms with Crippen LogP contribution in [0.15, 0.2) is 28.8 Å². The number of hydrogen-bond acceptors (Lipinski definition) is 5. The number of nitrogens with zero attached hydrogens (tertiary/aromatic N) is 4. The molecule has 0 N–H and O–H groups in total. The van der Waals surface area contributed by atoms with Gasteiger partial charge in [0.2, 0.25) is 11.8 Å². The van der Waals surface area contributed by atoms with E-state index in [-0.39, 0.29) is 11.9 Å². The fourth-order valence-electron chi connectivity index (χ4n) is 3.83. The van der Waals surface area contributed by atoms with Crippen molar-refractivity contribution in [2.75, 3.05) is 19.6 Å². The molecule has 1 saturated heterocycles. The second-order valence-corrected chi connectivity index (χ2v) is 7.39. The molecule has 2 aromatic rings. The Morgan fingerprint density at radius 2 is 2.04 bits per heavy atom. The lowest BCUT2D eigenvalue weighted by molar-refractivity contribution is -0.132. The Kier molecular flexibility index (Phi) is 6.61. The zero-order chi connectivity index (χ0) is 19.2. The first-order valence-electron chi connectivity index (χ1n) is 9.91. The van der Waals surface area contributed by atoms with Gasteiger partial charge in [-0.05, 0) is 36.9 Å². The van der Waals surface area contributed by atoms with Crippen molar-refractivity contribution in [1.82, 2.24) is 19.9 Å². The number of aromatic nitrogens is 2. The van der Waals surface area contributed by atoms with Crippen molar-refractivity contribution in [2.24, 2.45) is 0 Å². The van der Waals surface area contributed by atoms with Crippen LogP contribution < -0.4 is 0 Å². The van der Waals surface area contributed by atoms with E-state index in [9.17, 15) is 4.79 Å². The van der Waals surface area contributed by atoms with E-state index in [4.69, 9.17) is 4.52 Å². The molecule has 2 heterocycles. The molecule has 1 aliphatic heterocycles. The summed E-state index contributed by atoms with van der Waals surface area (Å²) in [5.74, 6) is 1.36. The molecule has 146 valence electrons. The summed E-state index contributed by atoms with van der Waals surface area (Å²) in [7, 11) is 0. The van der Waals surface area contributed by atoms with Crippen molar-refractivity contribution in [1.29, 1.82) is 0 Å². The second kappa shape index (κ2) is 9.13. The highest BCUT2D eigenvalue weighted by atomic mass is 16.5. The number of carbonyl (C=O) groups is 1. The summed E-state index contributed by atoms with van der Waals surface area (Å²) < 4.78 is 5.03. The molecule has 0 bridgehead atoms. The van der Waals surface area contributed by atoms with E-state index >= 15 is 0 Å². The van der Waals surface area contributed by atoms with Gasteiger partial charge in [-0.25, -0.2) is 0 Å². The molecule has 27 heavy (non-hydrogen) atoms. The van der Waals surface area contributed by atoms with Gasteiger partial charge in [-0.1, -0.05) is 36.3 Å². The van der Waals surface area contributed by atoms with Crippen molar-refractivity contribution in [3.63, 3.8) is 0 Å². The number of aryl methyl sites for hydroxylation is 2. The van der Waals surface area contributed by atoms with Gasteiger partial charge in [0, 0.05) is 45.9 Å². The first-order valence-corrected chi connectivity index (χ1v) is 9.91. The molecule has 1 unspecified atom stereocenters. The van der Waals surface area contributed by atoms with E-state index in [0.29, 0.717) is 24.7 Å². The van der Waals surface area contributed by atoms with Crippen LogP contribution in [0.25, 0.3) is 0 Å². The highest BCUT2D eigenvalue weighted by Crippen LogP contribution is 2.19. The molecular weight excluding hydrogens is 340 g/mol. The summed E-state index contributed by atoms with van der Waals surface area (Å²) in [4.78, 5) is 20.9. The Hall–Kier alpha value is -2.21. The average molecular weight is 370 g/mol. The summed E-state index contributed by atoms with van der Waals surface area (Å²) >= 11 is 0. The smallest absolute Gasteiger partial charge is 0.223 e. The zero-order valence-corrected chi connectivity index (χ0v) is 16.6. The molecule has 1 atom stereocenters. The first kappa shape index (κ1) is 19.5. The number of benzene rings is 1. The summed E-state index contributed by atoms with van der Waals surface area (Å²) in [5.41, 5.74) is 2.71. The predicted octanol–water partition coefficient (Wildman–Crippen LogP) is 3.00. The Labute approximate surface area is 161 Å². The fourth-order valence-corrected chi connectivity index (χ4v) is 3.83. The van der Waals surface area contributed by atoms with Crippen LogP contribution in [0.2, 0.25) is 0 Å². The maximum atomic E-state index is 12.2. The minimum Gasteiger partial charge on any atom is -0.340 e. The molecule has 0 saturated carbocycles. The lowest BCUT2D eigenvalue weighted by Crippen LogP contribution is -2.50. The molecular formula is C21H30N4O2. The van der Waals surface area contributed by atoms with Gasteiger partial charge in [-0.2, -0.15) is 4.98 Å². The Bertz CT molecular complexity index is 741. The van der Waals surface area contributed by atoms with Gasteiger partial charge in [0.05, 0.1) is 0 Å². The van der Waals surface area contributed by atoms with Crippen molar-refractivity contribution in [2.45, 2.75) is 59.0 Å². The standard InChI is InChI=1S/C21H30N4O2/c1-4-18-7-9-19(10-8-18)14-24-12-5-6-20(15-24)25(17(3)26)13-11-21-22-16(2)27-23-21/h7-10,20H,4-6,11-15H2,1-3H3. The van der Waals surface area contributed by atoms with Gasteiger partial charge < -0.3 is 9.42 Å². The third kappa shape index (κ3) is 5.39. The Morgan fingerprint density at radius 3 is 2.67 bits per heavy atom. The van der Waals surface area contributed by atoms with Gasteiger partial charge in [-0.3, -0.25) is 9.69 Å². The molecule has 3 rings (SSSR count). The lowest BCUT2D eigenvalue weighted by atomic mass is 10.0. The Balaban J connectivity index is 1.58. The van der Waals surface area contributed by atoms with Gasteiger partial charge in [0.25, 0.3) is 0 Å². The monoisotopic (exact) mass is 370 g/mol. The molecule has 6 nitrogen and oxygen atoms in total. The van der Waals surface area contributed by atoms with E-state index < -0.39 is 0 Å². The first-order chi connectivity index (χ1) is 13.0. The van der Waals surface area contributed by atoms with Gasteiger partial charge in [0.1, 0.15) is 0 Å². The number of carbonyl (C=O) groups excluding carboxylic acids is 1. The van der Waals surface area contributed by atoms with E-state index in [0.717, 1.165) is 38.9 Å².